The molecule has 0 N–H and O–H groups in total. The van der Waals surface area contributed by atoms with Crippen molar-refractivity contribution in [3.8, 4) is 0 Å². The fraction of sp³-hybridized carbons (Fsp3) is 0.800. The molecule has 0 amide bonds. The lowest BCUT2D eigenvalue weighted by atomic mass is 9.83. The highest BCUT2D eigenvalue weighted by atomic mass is 16.1. The molecule has 1 fully saturated rings. The highest BCUT2D eigenvalue weighted by Crippen LogP contribution is 2.32. The first-order chi connectivity index (χ1) is 9.60. The summed E-state index contributed by atoms with van der Waals surface area (Å²) in [5.74, 6) is 1.09. The second kappa shape index (κ2) is 6.48. The van der Waals surface area contributed by atoms with E-state index < -0.39 is 0 Å². The third-order valence-corrected chi connectivity index (χ3v) is 4.62. The van der Waals surface area contributed by atoms with Crippen LogP contribution in [0, 0.1) is 0 Å². The minimum absolute atomic E-state index is 0.298. The molecular formula is C15H26N4O. The maximum atomic E-state index is 12.9. The molecule has 0 spiro atoms. The van der Waals surface area contributed by atoms with Crippen LogP contribution in [0.2, 0.25) is 0 Å². The van der Waals surface area contributed by atoms with E-state index in [-0.39, 0.29) is 5.54 Å². The lowest BCUT2D eigenvalue weighted by Crippen LogP contribution is -2.51. The average molecular weight is 278 g/mol. The van der Waals surface area contributed by atoms with Crippen LogP contribution >= 0.6 is 0 Å². The zero-order chi connectivity index (χ0) is 14.6. The van der Waals surface area contributed by atoms with Crippen molar-refractivity contribution < 1.29 is 4.79 Å². The predicted molar refractivity (Wildman–Crippen MR) is 78.5 cm³/mol. The third kappa shape index (κ3) is 2.92. The number of rotatable bonds is 5. The van der Waals surface area contributed by atoms with Crippen molar-refractivity contribution >= 4 is 5.78 Å². The van der Waals surface area contributed by atoms with E-state index in [1.54, 1.807) is 6.33 Å². The van der Waals surface area contributed by atoms with Crippen molar-refractivity contribution in [3.05, 3.63) is 12.2 Å². The molecule has 2 rings (SSSR count). The fourth-order valence-corrected chi connectivity index (χ4v) is 3.29. The molecule has 0 aromatic carbocycles. The number of hydrogen-bond donors (Lipinski definition) is 0. The van der Waals surface area contributed by atoms with E-state index in [1.807, 2.05) is 25.7 Å². The second-order valence-electron chi connectivity index (χ2n) is 5.93. The zero-order valence-corrected chi connectivity index (χ0v) is 12.9. The molecule has 1 heterocycles. The van der Waals surface area contributed by atoms with Gasteiger partial charge in [-0.3, -0.25) is 9.69 Å². The summed E-state index contributed by atoms with van der Waals surface area (Å²) in [5, 5.41) is 4.16. The third-order valence-electron chi connectivity index (χ3n) is 4.62. The Morgan fingerprint density at radius 3 is 2.50 bits per heavy atom. The van der Waals surface area contributed by atoms with Crippen molar-refractivity contribution in [2.24, 2.45) is 0 Å². The topological polar surface area (TPSA) is 51.0 Å². The molecule has 5 heteroatoms. The van der Waals surface area contributed by atoms with Crippen LogP contribution in [0.15, 0.2) is 6.33 Å². The van der Waals surface area contributed by atoms with Crippen LogP contribution in [0.1, 0.15) is 51.3 Å². The first-order valence-corrected chi connectivity index (χ1v) is 7.67. The second-order valence-corrected chi connectivity index (χ2v) is 5.93. The molecule has 0 aliphatic heterocycles. The molecule has 1 aromatic heterocycles. The number of nitrogens with zero attached hydrogens (tertiary/aromatic N) is 4. The van der Waals surface area contributed by atoms with Crippen LogP contribution < -0.4 is 0 Å². The Labute approximate surface area is 121 Å². The number of carbonyl (C=O) groups excluding carboxylic acids is 1. The summed E-state index contributed by atoms with van der Waals surface area (Å²) in [7, 11) is 4.07. The van der Waals surface area contributed by atoms with Gasteiger partial charge in [0.1, 0.15) is 12.2 Å². The van der Waals surface area contributed by atoms with E-state index in [9.17, 15) is 4.79 Å². The van der Waals surface area contributed by atoms with Crippen molar-refractivity contribution in [1.29, 1.82) is 0 Å². The van der Waals surface area contributed by atoms with Gasteiger partial charge in [-0.2, -0.15) is 5.10 Å². The molecule has 0 saturated heterocycles. The summed E-state index contributed by atoms with van der Waals surface area (Å²) in [5.41, 5.74) is -0.305. The Morgan fingerprint density at radius 2 is 1.95 bits per heavy atom. The van der Waals surface area contributed by atoms with Crippen LogP contribution in [0.25, 0.3) is 0 Å². The molecule has 1 aromatic rings. The smallest absolute Gasteiger partial charge is 0.160 e. The van der Waals surface area contributed by atoms with E-state index in [2.05, 4.69) is 15.0 Å². The van der Waals surface area contributed by atoms with Crippen molar-refractivity contribution in [2.45, 2.75) is 64.0 Å². The van der Waals surface area contributed by atoms with E-state index in [0.29, 0.717) is 12.2 Å². The average Bonchev–Trinajstić information content (AvgIpc) is 2.72. The first kappa shape index (κ1) is 15.2. The van der Waals surface area contributed by atoms with Crippen LogP contribution in [0.3, 0.4) is 0 Å². The number of Topliss-reactive ketones (excluding diaryl/α,β-unsaturated/α-hetero) is 1. The zero-order valence-electron chi connectivity index (χ0n) is 12.9. The predicted octanol–water partition coefficient (Wildman–Crippen LogP) is 2.06. The minimum atomic E-state index is -0.305. The summed E-state index contributed by atoms with van der Waals surface area (Å²) < 4.78 is 1.82. The minimum Gasteiger partial charge on any atom is -0.297 e. The van der Waals surface area contributed by atoms with Gasteiger partial charge >= 0.3 is 0 Å². The summed E-state index contributed by atoms with van der Waals surface area (Å²) in [6.45, 7) is 2.79. The quantitative estimate of drug-likeness (QED) is 0.774. The molecule has 0 unspecified atom stereocenters. The Balaban J connectivity index is 2.18. The Kier molecular flexibility index (Phi) is 4.91. The lowest BCUT2D eigenvalue weighted by molar-refractivity contribution is -0.130. The molecule has 0 atom stereocenters. The number of likely N-dealkylation sites (N-methyl/N-ethyl adjacent to an activating group) is 1. The molecule has 1 saturated carbocycles. The SMILES string of the molecule is CCn1ncnc1CC(=O)C1(N(C)C)CCCCCC1. The monoisotopic (exact) mass is 278 g/mol. The van der Waals surface area contributed by atoms with Crippen LogP contribution in [0.5, 0.6) is 0 Å². The molecule has 112 valence electrons. The van der Waals surface area contributed by atoms with Crippen LogP contribution in [-0.4, -0.2) is 45.1 Å². The Bertz CT molecular complexity index is 444. The van der Waals surface area contributed by atoms with Crippen molar-refractivity contribution in [1.82, 2.24) is 19.7 Å². The van der Waals surface area contributed by atoms with Crippen molar-refractivity contribution in [3.63, 3.8) is 0 Å². The molecule has 0 bridgehead atoms. The van der Waals surface area contributed by atoms with Gasteiger partial charge in [0.05, 0.1) is 12.0 Å². The Hall–Kier alpha value is -1.23. The number of carbonyl (C=O) groups is 1. The summed E-state index contributed by atoms with van der Waals surface area (Å²) >= 11 is 0. The highest BCUT2D eigenvalue weighted by Gasteiger charge is 2.40. The van der Waals surface area contributed by atoms with Gasteiger partial charge in [-0.25, -0.2) is 9.67 Å². The standard InChI is InChI=1S/C15H26N4O/c1-4-19-14(16-12-17-19)11-13(20)15(18(2)3)9-7-5-6-8-10-15/h12H,4-11H2,1-3H3. The van der Waals surface area contributed by atoms with Gasteiger partial charge in [0.2, 0.25) is 0 Å². The van der Waals surface area contributed by atoms with E-state index in [1.165, 1.54) is 12.8 Å². The maximum absolute atomic E-state index is 12.9. The molecule has 5 nitrogen and oxygen atoms in total. The van der Waals surface area contributed by atoms with E-state index in [4.69, 9.17) is 0 Å². The molecule has 1 aliphatic rings. The van der Waals surface area contributed by atoms with Gasteiger partial charge in [0.25, 0.3) is 0 Å². The van der Waals surface area contributed by atoms with Gasteiger partial charge < -0.3 is 0 Å². The maximum Gasteiger partial charge on any atom is 0.160 e. The molecule has 20 heavy (non-hydrogen) atoms. The summed E-state index contributed by atoms with van der Waals surface area (Å²) in [4.78, 5) is 19.3. The van der Waals surface area contributed by atoms with Gasteiger partial charge in [-0.1, -0.05) is 25.7 Å². The summed E-state index contributed by atoms with van der Waals surface area (Å²) in [6.07, 6.45) is 8.66. The van der Waals surface area contributed by atoms with Gasteiger partial charge in [-0.05, 0) is 33.9 Å². The first-order valence-electron chi connectivity index (χ1n) is 7.67. The fourth-order valence-electron chi connectivity index (χ4n) is 3.29. The van der Waals surface area contributed by atoms with Crippen molar-refractivity contribution in [2.75, 3.05) is 14.1 Å². The normalized spacial score (nSPS) is 19.0. The summed E-state index contributed by atoms with van der Waals surface area (Å²) in [6, 6.07) is 0. The highest BCUT2D eigenvalue weighted by molar-refractivity contribution is 5.89. The van der Waals surface area contributed by atoms with Crippen LogP contribution in [0.4, 0.5) is 0 Å². The van der Waals surface area contributed by atoms with Crippen LogP contribution in [-0.2, 0) is 17.8 Å². The largest absolute Gasteiger partial charge is 0.297 e. The van der Waals surface area contributed by atoms with Gasteiger partial charge in [-0.15, -0.1) is 0 Å². The molecule has 1 aliphatic carbocycles. The van der Waals surface area contributed by atoms with Gasteiger partial charge in [0.15, 0.2) is 5.78 Å². The number of ketones is 1. The number of aromatic nitrogens is 3. The van der Waals surface area contributed by atoms with E-state index >= 15 is 0 Å². The lowest BCUT2D eigenvalue weighted by Gasteiger charge is -2.38. The Morgan fingerprint density at radius 1 is 1.30 bits per heavy atom. The molecule has 0 radical (unpaired) electrons. The molecular weight excluding hydrogens is 252 g/mol. The number of aryl methyl sites for hydroxylation is 1. The van der Waals surface area contributed by atoms with Gasteiger partial charge in [0, 0.05) is 6.54 Å². The number of hydrogen-bond acceptors (Lipinski definition) is 4. The van der Waals surface area contributed by atoms with E-state index in [0.717, 1.165) is 38.1 Å².